The maximum absolute atomic E-state index is 13.7. The first-order valence-electron chi connectivity index (χ1n) is 10.4. The van der Waals surface area contributed by atoms with E-state index < -0.39 is 23.6 Å². The lowest BCUT2D eigenvalue weighted by Crippen LogP contribution is -2.36. The predicted molar refractivity (Wildman–Crippen MR) is 130 cm³/mol. The molecule has 2 heterocycles. The molecule has 0 bridgehead atoms. The highest BCUT2D eigenvalue weighted by molar-refractivity contribution is 8.18. The minimum absolute atomic E-state index is 0.224. The molecular formula is C25H22FN3O4S. The van der Waals surface area contributed by atoms with Crippen molar-refractivity contribution in [1.82, 2.24) is 9.47 Å². The lowest BCUT2D eigenvalue weighted by molar-refractivity contribution is -0.127. The lowest BCUT2D eigenvalue weighted by atomic mass is 10.2. The largest absolute Gasteiger partial charge is 0.497 e. The zero-order valence-corrected chi connectivity index (χ0v) is 19.6. The highest BCUT2D eigenvalue weighted by Gasteiger charge is 2.36. The van der Waals surface area contributed by atoms with Crippen molar-refractivity contribution in [3.8, 4) is 11.4 Å². The Balaban J connectivity index is 1.50. The van der Waals surface area contributed by atoms with Gasteiger partial charge in [0.2, 0.25) is 5.91 Å². The number of hydrogen-bond donors (Lipinski definition) is 1. The summed E-state index contributed by atoms with van der Waals surface area (Å²) in [6.45, 7) is 3.34. The van der Waals surface area contributed by atoms with Crippen LogP contribution in [0.25, 0.3) is 11.8 Å². The average Bonchev–Trinajstić information content (AvgIpc) is 3.23. The molecule has 9 heteroatoms. The Labute approximate surface area is 200 Å². The van der Waals surface area contributed by atoms with Crippen LogP contribution in [0.4, 0.5) is 14.9 Å². The van der Waals surface area contributed by atoms with Crippen LogP contribution in [-0.2, 0) is 9.59 Å². The van der Waals surface area contributed by atoms with Crippen molar-refractivity contribution in [3.63, 3.8) is 0 Å². The zero-order valence-electron chi connectivity index (χ0n) is 18.8. The van der Waals surface area contributed by atoms with Crippen molar-refractivity contribution in [3.05, 3.63) is 82.3 Å². The second-order valence-corrected chi connectivity index (χ2v) is 8.68. The number of nitrogens with one attached hydrogen (secondary N) is 1. The number of nitrogens with zero attached hydrogens (tertiary/aromatic N) is 2. The molecule has 3 aromatic rings. The van der Waals surface area contributed by atoms with Crippen molar-refractivity contribution in [2.75, 3.05) is 19.0 Å². The van der Waals surface area contributed by atoms with Gasteiger partial charge in [-0.15, -0.1) is 0 Å². The van der Waals surface area contributed by atoms with Crippen molar-refractivity contribution >= 4 is 40.6 Å². The third kappa shape index (κ3) is 4.74. The molecule has 0 aliphatic carbocycles. The number of methoxy groups -OCH3 is 1. The number of hydrogen-bond acceptors (Lipinski definition) is 5. The Bertz CT molecular complexity index is 1310. The quantitative estimate of drug-likeness (QED) is 0.508. The minimum Gasteiger partial charge on any atom is -0.497 e. The summed E-state index contributed by atoms with van der Waals surface area (Å²) in [5.41, 5.74) is 3.57. The van der Waals surface area contributed by atoms with Crippen LogP contribution < -0.4 is 10.1 Å². The van der Waals surface area contributed by atoms with Crippen LogP contribution in [0.3, 0.4) is 0 Å². The van der Waals surface area contributed by atoms with Gasteiger partial charge in [-0.1, -0.05) is 6.07 Å². The van der Waals surface area contributed by atoms with Crippen LogP contribution in [-0.4, -0.2) is 40.2 Å². The number of carbonyl (C=O) groups is 3. The van der Waals surface area contributed by atoms with Crippen molar-refractivity contribution < 1.29 is 23.5 Å². The van der Waals surface area contributed by atoms with Gasteiger partial charge in [0.05, 0.1) is 12.0 Å². The summed E-state index contributed by atoms with van der Waals surface area (Å²) in [5, 5.41) is 2.15. The van der Waals surface area contributed by atoms with Gasteiger partial charge in [0.15, 0.2) is 0 Å². The third-order valence-corrected chi connectivity index (χ3v) is 6.28. The molecule has 0 radical (unpaired) electrons. The van der Waals surface area contributed by atoms with Gasteiger partial charge in [0.1, 0.15) is 18.1 Å². The Morgan fingerprint density at radius 2 is 1.85 bits per heavy atom. The summed E-state index contributed by atoms with van der Waals surface area (Å²) in [5.74, 6) is -0.722. The van der Waals surface area contributed by atoms with Crippen LogP contribution >= 0.6 is 11.8 Å². The van der Waals surface area contributed by atoms with E-state index in [-0.39, 0.29) is 10.7 Å². The number of carbonyl (C=O) groups excluding carboxylic acids is 3. The molecule has 0 spiro atoms. The van der Waals surface area contributed by atoms with E-state index in [4.69, 9.17) is 4.74 Å². The monoisotopic (exact) mass is 479 g/mol. The molecule has 34 heavy (non-hydrogen) atoms. The first kappa shape index (κ1) is 23.3. The molecule has 1 aromatic heterocycles. The molecule has 1 N–H and O–H groups in total. The van der Waals surface area contributed by atoms with Gasteiger partial charge < -0.3 is 14.6 Å². The van der Waals surface area contributed by atoms with Gasteiger partial charge >= 0.3 is 0 Å². The van der Waals surface area contributed by atoms with Gasteiger partial charge in [0, 0.05) is 22.8 Å². The fraction of sp³-hybridized carbons (Fsp3) is 0.160. The van der Waals surface area contributed by atoms with E-state index in [1.54, 1.807) is 49.6 Å². The fourth-order valence-corrected chi connectivity index (χ4v) is 4.57. The number of halogens is 1. The molecule has 174 valence electrons. The third-order valence-electron chi connectivity index (χ3n) is 5.37. The number of anilines is 1. The van der Waals surface area contributed by atoms with Crippen molar-refractivity contribution in [2.24, 2.45) is 0 Å². The highest BCUT2D eigenvalue weighted by Crippen LogP contribution is 2.33. The van der Waals surface area contributed by atoms with Crippen LogP contribution in [0, 0.1) is 19.7 Å². The van der Waals surface area contributed by atoms with E-state index in [0.29, 0.717) is 17.1 Å². The number of aromatic nitrogens is 1. The van der Waals surface area contributed by atoms with Gasteiger partial charge in [0.25, 0.3) is 11.1 Å². The van der Waals surface area contributed by atoms with E-state index in [9.17, 15) is 18.8 Å². The van der Waals surface area contributed by atoms with Gasteiger partial charge in [-0.3, -0.25) is 19.3 Å². The summed E-state index contributed by atoms with van der Waals surface area (Å²) < 4.78 is 20.7. The summed E-state index contributed by atoms with van der Waals surface area (Å²) in [6.07, 6.45) is 1.63. The second kappa shape index (κ2) is 9.56. The fourth-order valence-electron chi connectivity index (χ4n) is 3.74. The molecule has 3 amide bonds. The van der Waals surface area contributed by atoms with E-state index in [0.717, 1.165) is 33.6 Å². The Kier molecular flexibility index (Phi) is 6.56. The Hall–Kier alpha value is -3.85. The number of rotatable bonds is 6. The van der Waals surface area contributed by atoms with Gasteiger partial charge in [-0.25, -0.2) is 4.39 Å². The predicted octanol–water partition coefficient (Wildman–Crippen LogP) is 4.92. The Morgan fingerprint density at radius 1 is 1.12 bits per heavy atom. The van der Waals surface area contributed by atoms with Gasteiger partial charge in [-0.05, 0) is 85.8 Å². The van der Waals surface area contributed by atoms with Crippen LogP contribution in [0.15, 0.2) is 59.5 Å². The standard InChI is InChI=1S/C25H22FN3O4S/c1-15-11-17(16(2)29(15)20-6-4-5-18(26)13-20)12-22-24(31)28(25(32)34-22)14-23(30)27-19-7-9-21(33-3)10-8-19/h4-13H,14H2,1-3H3,(H,27,30)/b22-12+. The van der Waals surface area contributed by atoms with E-state index >= 15 is 0 Å². The topological polar surface area (TPSA) is 80.6 Å². The van der Waals surface area contributed by atoms with Crippen molar-refractivity contribution in [1.29, 1.82) is 0 Å². The minimum atomic E-state index is -0.532. The highest BCUT2D eigenvalue weighted by atomic mass is 32.2. The van der Waals surface area contributed by atoms with E-state index in [1.807, 2.05) is 24.5 Å². The van der Waals surface area contributed by atoms with E-state index in [1.165, 1.54) is 12.1 Å². The molecule has 1 fully saturated rings. The van der Waals surface area contributed by atoms with Gasteiger partial charge in [-0.2, -0.15) is 0 Å². The summed E-state index contributed by atoms with van der Waals surface area (Å²) in [7, 11) is 1.54. The lowest BCUT2D eigenvalue weighted by Gasteiger charge is -2.12. The van der Waals surface area contributed by atoms with Crippen molar-refractivity contribution in [2.45, 2.75) is 13.8 Å². The molecule has 1 aliphatic heterocycles. The maximum Gasteiger partial charge on any atom is 0.294 e. The molecule has 1 aliphatic rings. The Morgan fingerprint density at radius 3 is 2.53 bits per heavy atom. The maximum atomic E-state index is 13.7. The molecule has 4 rings (SSSR count). The smallest absolute Gasteiger partial charge is 0.294 e. The van der Waals surface area contributed by atoms with Crippen LogP contribution in [0.5, 0.6) is 5.75 Å². The van der Waals surface area contributed by atoms with Crippen LogP contribution in [0.2, 0.25) is 0 Å². The normalized spacial score (nSPS) is 14.7. The molecule has 7 nitrogen and oxygen atoms in total. The van der Waals surface area contributed by atoms with Crippen LogP contribution in [0.1, 0.15) is 17.0 Å². The number of amides is 3. The number of imide groups is 1. The second-order valence-electron chi connectivity index (χ2n) is 7.69. The molecule has 0 atom stereocenters. The first-order chi connectivity index (χ1) is 16.3. The molecule has 0 saturated carbocycles. The number of ether oxygens (including phenoxy) is 1. The SMILES string of the molecule is COc1ccc(NC(=O)CN2C(=O)S/C(=C/c3cc(C)n(-c4cccc(F)c4)c3C)C2=O)cc1. The average molecular weight is 480 g/mol. The number of benzene rings is 2. The molecule has 1 saturated heterocycles. The molecule has 0 unspecified atom stereocenters. The summed E-state index contributed by atoms with van der Waals surface area (Å²) in [6, 6.07) is 14.8. The molecular weight excluding hydrogens is 457 g/mol. The molecule has 2 aromatic carbocycles. The number of thioether (sulfide) groups is 1. The summed E-state index contributed by atoms with van der Waals surface area (Å²) >= 11 is 0.785. The zero-order chi connectivity index (χ0) is 24.4. The first-order valence-corrected chi connectivity index (χ1v) is 11.2. The summed E-state index contributed by atoms with van der Waals surface area (Å²) in [4.78, 5) is 38.9. The number of aryl methyl sites for hydroxylation is 1. The van der Waals surface area contributed by atoms with E-state index in [2.05, 4.69) is 5.32 Å².